The molecule has 1 N–H and O–H groups in total. The van der Waals surface area contributed by atoms with Gasteiger partial charge in [-0.1, -0.05) is 13.8 Å². The number of aromatic nitrogens is 2. The standard InChI is InChI=1S/C13H20N4O6/c1-6-23-12(19)8(7(2)3)14-10-9(17(21)22)11(18)16(5)13(20)15(10)4/h7-8,14H,6H2,1-5H3/t8-/m1/s1. The lowest BCUT2D eigenvalue weighted by molar-refractivity contribution is -0.386. The molecule has 0 bridgehead atoms. The average Bonchev–Trinajstić information content (AvgIpc) is 2.46. The molecule has 0 spiro atoms. The molecule has 10 heteroatoms. The minimum absolute atomic E-state index is 0.140. The van der Waals surface area contributed by atoms with Crippen molar-refractivity contribution in [1.29, 1.82) is 0 Å². The van der Waals surface area contributed by atoms with E-state index < -0.39 is 33.9 Å². The molecule has 1 atom stereocenters. The molecule has 0 radical (unpaired) electrons. The minimum Gasteiger partial charge on any atom is -0.464 e. The molecular formula is C13H20N4O6. The second-order valence-corrected chi connectivity index (χ2v) is 5.28. The van der Waals surface area contributed by atoms with Crippen LogP contribution < -0.4 is 16.6 Å². The summed E-state index contributed by atoms with van der Waals surface area (Å²) in [5.41, 5.74) is -2.59. The molecule has 0 aliphatic heterocycles. The molecule has 1 heterocycles. The van der Waals surface area contributed by atoms with E-state index in [9.17, 15) is 24.5 Å². The minimum atomic E-state index is -1.05. The maximum Gasteiger partial charge on any atom is 0.374 e. The predicted molar refractivity (Wildman–Crippen MR) is 82.5 cm³/mol. The van der Waals surface area contributed by atoms with Gasteiger partial charge in [0.25, 0.3) is 0 Å². The van der Waals surface area contributed by atoms with Gasteiger partial charge in [-0.15, -0.1) is 0 Å². The molecule has 1 aromatic rings. The Morgan fingerprint density at radius 3 is 2.30 bits per heavy atom. The van der Waals surface area contributed by atoms with Gasteiger partial charge in [0.1, 0.15) is 6.04 Å². The molecule has 1 aromatic heterocycles. The molecule has 0 saturated carbocycles. The molecule has 128 valence electrons. The van der Waals surface area contributed by atoms with Crippen molar-refractivity contribution in [3.63, 3.8) is 0 Å². The van der Waals surface area contributed by atoms with Crippen LogP contribution in [-0.4, -0.2) is 32.7 Å². The Labute approximate surface area is 131 Å². The lowest BCUT2D eigenvalue weighted by Gasteiger charge is -2.22. The van der Waals surface area contributed by atoms with Crippen LogP contribution in [-0.2, 0) is 23.6 Å². The van der Waals surface area contributed by atoms with Crippen LogP contribution in [0, 0.1) is 16.0 Å². The van der Waals surface area contributed by atoms with E-state index in [1.807, 2.05) is 0 Å². The van der Waals surface area contributed by atoms with Crippen LogP contribution in [0.2, 0.25) is 0 Å². The van der Waals surface area contributed by atoms with Gasteiger partial charge < -0.3 is 10.1 Å². The Bertz CT molecular complexity index is 733. The van der Waals surface area contributed by atoms with E-state index in [-0.39, 0.29) is 18.3 Å². The summed E-state index contributed by atoms with van der Waals surface area (Å²) in [6.07, 6.45) is 0. The van der Waals surface area contributed by atoms with E-state index in [2.05, 4.69) is 5.32 Å². The third-order valence-electron chi connectivity index (χ3n) is 3.32. The van der Waals surface area contributed by atoms with Crippen molar-refractivity contribution in [2.75, 3.05) is 11.9 Å². The van der Waals surface area contributed by atoms with E-state index in [0.717, 1.165) is 11.6 Å². The first-order valence-electron chi connectivity index (χ1n) is 7.01. The number of carbonyl (C=O) groups excluding carboxylic acids is 1. The number of carbonyl (C=O) groups is 1. The first-order valence-corrected chi connectivity index (χ1v) is 7.01. The van der Waals surface area contributed by atoms with E-state index in [1.54, 1.807) is 20.8 Å². The highest BCUT2D eigenvalue weighted by atomic mass is 16.6. The van der Waals surface area contributed by atoms with E-state index in [0.29, 0.717) is 4.57 Å². The smallest absolute Gasteiger partial charge is 0.374 e. The number of rotatable bonds is 6. The molecule has 23 heavy (non-hydrogen) atoms. The van der Waals surface area contributed by atoms with E-state index in [4.69, 9.17) is 4.74 Å². The second-order valence-electron chi connectivity index (χ2n) is 5.28. The van der Waals surface area contributed by atoms with Crippen LogP contribution in [0.4, 0.5) is 11.5 Å². The van der Waals surface area contributed by atoms with Crippen LogP contribution in [0.15, 0.2) is 9.59 Å². The van der Waals surface area contributed by atoms with Gasteiger partial charge >= 0.3 is 22.9 Å². The molecule has 0 aliphatic rings. The van der Waals surface area contributed by atoms with Crippen molar-refractivity contribution in [3.05, 3.63) is 31.0 Å². The quantitative estimate of drug-likeness (QED) is 0.442. The highest BCUT2D eigenvalue weighted by molar-refractivity contribution is 5.80. The largest absolute Gasteiger partial charge is 0.464 e. The molecular weight excluding hydrogens is 308 g/mol. The van der Waals surface area contributed by atoms with Crippen molar-refractivity contribution < 1.29 is 14.5 Å². The summed E-state index contributed by atoms with van der Waals surface area (Å²) in [6, 6.07) is -0.939. The second kappa shape index (κ2) is 7.07. The highest BCUT2D eigenvalue weighted by Gasteiger charge is 2.31. The number of hydrogen-bond acceptors (Lipinski definition) is 7. The number of nitrogens with one attached hydrogen (secondary N) is 1. The summed E-state index contributed by atoms with van der Waals surface area (Å²) < 4.78 is 6.48. The van der Waals surface area contributed by atoms with Crippen molar-refractivity contribution >= 4 is 17.5 Å². The topological polar surface area (TPSA) is 125 Å². The molecule has 0 unspecified atom stereocenters. The summed E-state index contributed by atoms with van der Waals surface area (Å²) in [4.78, 5) is 46.3. The zero-order chi connectivity index (χ0) is 17.9. The lowest BCUT2D eigenvalue weighted by Crippen LogP contribution is -2.43. The fourth-order valence-electron chi connectivity index (χ4n) is 2.03. The van der Waals surface area contributed by atoms with Gasteiger partial charge in [0, 0.05) is 14.1 Å². The van der Waals surface area contributed by atoms with Gasteiger partial charge in [-0.3, -0.25) is 24.0 Å². The van der Waals surface area contributed by atoms with Gasteiger partial charge in [-0.25, -0.2) is 9.59 Å². The molecule has 0 aliphatic carbocycles. The van der Waals surface area contributed by atoms with Gasteiger partial charge in [-0.2, -0.15) is 0 Å². The molecule has 0 aromatic carbocycles. The third kappa shape index (κ3) is 3.58. The summed E-state index contributed by atoms with van der Waals surface area (Å²) in [6.45, 7) is 5.19. The van der Waals surface area contributed by atoms with Crippen LogP contribution in [0.1, 0.15) is 20.8 Å². The van der Waals surface area contributed by atoms with E-state index >= 15 is 0 Å². The van der Waals surface area contributed by atoms with Crippen LogP contribution >= 0.6 is 0 Å². The highest BCUT2D eigenvalue weighted by Crippen LogP contribution is 2.20. The van der Waals surface area contributed by atoms with Crippen molar-refractivity contribution in [1.82, 2.24) is 9.13 Å². The third-order valence-corrected chi connectivity index (χ3v) is 3.32. The summed E-state index contributed by atoms with van der Waals surface area (Å²) >= 11 is 0. The Morgan fingerprint density at radius 1 is 1.30 bits per heavy atom. The maximum atomic E-state index is 12.0. The Hall–Kier alpha value is -2.65. The number of ether oxygens (including phenoxy) is 1. The molecule has 0 fully saturated rings. The molecule has 1 rings (SSSR count). The first-order chi connectivity index (χ1) is 10.6. The van der Waals surface area contributed by atoms with Crippen molar-refractivity contribution in [3.8, 4) is 0 Å². The predicted octanol–water partition coefficient (Wildman–Crippen LogP) is -0.00820. The Kier molecular flexibility index (Phi) is 5.66. The zero-order valence-electron chi connectivity index (χ0n) is 13.7. The normalized spacial score (nSPS) is 12.1. The van der Waals surface area contributed by atoms with Gasteiger partial charge in [0.15, 0.2) is 5.82 Å². The van der Waals surface area contributed by atoms with Crippen LogP contribution in [0.5, 0.6) is 0 Å². The monoisotopic (exact) mass is 328 g/mol. The van der Waals surface area contributed by atoms with Gasteiger partial charge in [-0.05, 0) is 12.8 Å². The Morgan fingerprint density at radius 2 is 1.87 bits per heavy atom. The SMILES string of the molecule is CCOC(=O)[C@H](Nc1c([N+](=O)[O-])c(=O)n(C)c(=O)n1C)C(C)C. The average molecular weight is 328 g/mol. The Balaban J connectivity index is 3.53. The fourth-order valence-corrected chi connectivity index (χ4v) is 2.03. The van der Waals surface area contributed by atoms with Gasteiger partial charge in [0.05, 0.1) is 11.5 Å². The van der Waals surface area contributed by atoms with Crippen molar-refractivity contribution in [2.24, 2.45) is 20.0 Å². The molecule has 0 amide bonds. The lowest BCUT2D eigenvalue weighted by atomic mass is 10.0. The summed E-state index contributed by atoms with van der Waals surface area (Å²) in [5, 5.41) is 13.8. The summed E-state index contributed by atoms with van der Waals surface area (Å²) in [7, 11) is 2.42. The number of hydrogen-bond donors (Lipinski definition) is 1. The zero-order valence-corrected chi connectivity index (χ0v) is 13.7. The molecule has 0 saturated heterocycles. The van der Waals surface area contributed by atoms with E-state index in [1.165, 1.54) is 7.05 Å². The maximum absolute atomic E-state index is 12.0. The number of nitro groups is 1. The van der Waals surface area contributed by atoms with Crippen LogP contribution in [0.25, 0.3) is 0 Å². The van der Waals surface area contributed by atoms with Gasteiger partial charge in [0.2, 0.25) is 0 Å². The summed E-state index contributed by atoms with van der Waals surface area (Å²) in [5.74, 6) is -1.23. The number of esters is 1. The van der Waals surface area contributed by atoms with Crippen LogP contribution in [0.3, 0.4) is 0 Å². The number of nitrogens with zero attached hydrogens (tertiary/aromatic N) is 3. The molecule has 10 nitrogen and oxygen atoms in total. The van der Waals surface area contributed by atoms with Crippen molar-refractivity contribution in [2.45, 2.75) is 26.8 Å². The fraction of sp³-hybridized carbons (Fsp3) is 0.615. The number of anilines is 1. The first kappa shape index (κ1) is 18.4.